The summed E-state index contributed by atoms with van der Waals surface area (Å²) >= 11 is 1.50. The lowest BCUT2D eigenvalue weighted by Crippen LogP contribution is -2.15. The van der Waals surface area contributed by atoms with Gasteiger partial charge < -0.3 is 19.8 Å². The van der Waals surface area contributed by atoms with Gasteiger partial charge in [0, 0.05) is 4.90 Å². The highest BCUT2D eigenvalue weighted by atomic mass is 32.2. The van der Waals surface area contributed by atoms with Crippen LogP contribution in [0.2, 0.25) is 0 Å². The molecule has 0 spiro atoms. The Bertz CT molecular complexity index is 856. The number of imidazole rings is 1. The van der Waals surface area contributed by atoms with Crippen LogP contribution in [0.25, 0.3) is 11.2 Å². The standard InChI is InChI=1S/C16H20N5O2PS/c1-10(23-9-24)7-21-8-18-13-14(21)19-16(17)20-15(13)25-12-5-3-11(22-2)4-6-12/h3-6,8,10H,7,9,24H2,1-2H3,(H2,17,19,20). The number of aromatic nitrogens is 4. The molecule has 0 radical (unpaired) electrons. The van der Waals surface area contributed by atoms with Crippen LogP contribution in [-0.2, 0) is 11.3 Å². The first-order valence-corrected chi connectivity index (χ1v) is 9.36. The van der Waals surface area contributed by atoms with Gasteiger partial charge in [-0.2, -0.15) is 4.98 Å². The van der Waals surface area contributed by atoms with Crippen molar-refractivity contribution < 1.29 is 9.47 Å². The zero-order valence-electron chi connectivity index (χ0n) is 14.0. The fraction of sp³-hybridized carbons (Fsp3) is 0.312. The minimum atomic E-state index is 0.0452. The van der Waals surface area contributed by atoms with Gasteiger partial charge in [0.1, 0.15) is 16.3 Å². The van der Waals surface area contributed by atoms with Crippen LogP contribution < -0.4 is 10.5 Å². The molecule has 2 heterocycles. The first kappa shape index (κ1) is 17.9. The van der Waals surface area contributed by atoms with E-state index in [1.165, 1.54) is 11.8 Å². The van der Waals surface area contributed by atoms with E-state index >= 15 is 0 Å². The van der Waals surface area contributed by atoms with Crippen LogP contribution in [0.3, 0.4) is 0 Å². The Morgan fingerprint density at radius 2 is 2.04 bits per heavy atom. The van der Waals surface area contributed by atoms with Gasteiger partial charge in [-0.3, -0.25) is 0 Å². The largest absolute Gasteiger partial charge is 0.497 e. The Balaban J connectivity index is 1.91. The van der Waals surface area contributed by atoms with E-state index in [4.69, 9.17) is 15.2 Å². The van der Waals surface area contributed by atoms with Crippen molar-refractivity contribution in [2.75, 3.05) is 19.2 Å². The lowest BCUT2D eigenvalue weighted by Gasteiger charge is -2.12. The molecule has 2 aromatic heterocycles. The van der Waals surface area contributed by atoms with Crippen molar-refractivity contribution in [1.29, 1.82) is 0 Å². The fourth-order valence-corrected chi connectivity index (χ4v) is 3.59. The lowest BCUT2D eigenvalue weighted by atomic mass is 10.3. The second-order valence-corrected chi connectivity index (χ2v) is 6.77. The molecular weight excluding hydrogens is 357 g/mol. The highest BCUT2D eigenvalue weighted by molar-refractivity contribution is 7.99. The predicted octanol–water partition coefficient (Wildman–Crippen LogP) is 2.81. The Kier molecular flexibility index (Phi) is 5.73. The van der Waals surface area contributed by atoms with Crippen molar-refractivity contribution in [1.82, 2.24) is 19.5 Å². The third-order valence-electron chi connectivity index (χ3n) is 3.56. The zero-order chi connectivity index (χ0) is 17.8. The number of nitrogens with two attached hydrogens (primary N) is 1. The van der Waals surface area contributed by atoms with Gasteiger partial charge in [-0.25, -0.2) is 9.97 Å². The number of hydrogen-bond acceptors (Lipinski definition) is 7. The van der Waals surface area contributed by atoms with E-state index in [1.54, 1.807) is 13.4 Å². The highest BCUT2D eigenvalue weighted by Gasteiger charge is 2.15. The number of benzene rings is 1. The number of rotatable bonds is 7. The molecule has 132 valence electrons. The molecule has 0 aliphatic rings. The number of nitrogens with zero attached hydrogens (tertiary/aromatic N) is 4. The number of methoxy groups -OCH3 is 1. The topological polar surface area (TPSA) is 88.1 Å². The lowest BCUT2D eigenvalue weighted by molar-refractivity contribution is 0.0912. The normalized spacial score (nSPS) is 12.4. The number of fused-ring (bicyclic) bond motifs is 1. The SMILES string of the molecule is COc1ccc(Sc2nc(N)nc3c2ncn3CC(C)OCP)cc1. The minimum absolute atomic E-state index is 0.0452. The molecule has 0 saturated heterocycles. The Morgan fingerprint density at radius 3 is 2.72 bits per heavy atom. The average Bonchev–Trinajstić information content (AvgIpc) is 2.98. The molecule has 0 fully saturated rings. The minimum Gasteiger partial charge on any atom is -0.497 e. The molecule has 2 atom stereocenters. The number of nitrogen functional groups attached to an aromatic ring is 1. The Morgan fingerprint density at radius 1 is 1.28 bits per heavy atom. The first-order valence-electron chi connectivity index (χ1n) is 7.72. The summed E-state index contributed by atoms with van der Waals surface area (Å²) in [7, 11) is 4.20. The summed E-state index contributed by atoms with van der Waals surface area (Å²) in [5.74, 6) is 1.04. The van der Waals surface area contributed by atoms with Crippen LogP contribution >= 0.6 is 21.0 Å². The van der Waals surface area contributed by atoms with Crippen molar-refractivity contribution in [3.05, 3.63) is 30.6 Å². The van der Waals surface area contributed by atoms with Crippen molar-refractivity contribution in [3.8, 4) is 5.75 Å². The quantitative estimate of drug-likeness (QED) is 0.500. The van der Waals surface area contributed by atoms with E-state index in [0.717, 1.165) is 21.2 Å². The summed E-state index contributed by atoms with van der Waals surface area (Å²) in [6, 6.07) is 7.76. The maximum atomic E-state index is 5.91. The molecule has 1 aromatic carbocycles. The molecule has 7 nitrogen and oxygen atoms in total. The van der Waals surface area contributed by atoms with Crippen molar-refractivity contribution in [3.63, 3.8) is 0 Å². The van der Waals surface area contributed by atoms with Crippen LogP contribution in [0.1, 0.15) is 6.92 Å². The van der Waals surface area contributed by atoms with Crippen molar-refractivity contribution >= 4 is 38.1 Å². The van der Waals surface area contributed by atoms with Gasteiger partial charge >= 0.3 is 0 Å². The molecule has 2 unspecified atom stereocenters. The third-order valence-corrected chi connectivity index (χ3v) is 4.74. The van der Waals surface area contributed by atoms with Crippen LogP contribution in [0, 0.1) is 0 Å². The van der Waals surface area contributed by atoms with Gasteiger partial charge in [-0.15, -0.1) is 9.24 Å². The Labute approximate surface area is 152 Å². The van der Waals surface area contributed by atoms with Gasteiger partial charge in [0.15, 0.2) is 5.65 Å². The number of hydrogen-bond donors (Lipinski definition) is 1. The molecule has 25 heavy (non-hydrogen) atoms. The van der Waals surface area contributed by atoms with E-state index in [-0.39, 0.29) is 12.1 Å². The molecule has 0 amide bonds. The zero-order valence-corrected chi connectivity index (χ0v) is 16.0. The molecule has 0 aliphatic carbocycles. The smallest absolute Gasteiger partial charge is 0.223 e. The molecule has 3 rings (SSSR count). The van der Waals surface area contributed by atoms with E-state index < -0.39 is 0 Å². The van der Waals surface area contributed by atoms with E-state index in [9.17, 15) is 0 Å². The molecule has 2 N–H and O–H groups in total. The molecule has 0 saturated carbocycles. The van der Waals surface area contributed by atoms with Crippen molar-refractivity contribution in [2.24, 2.45) is 0 Å². The van der Waals surface area contributed by atoms with Crippen LogP contribution in [0.5, 0.6) is 5.75 Å². The monoisotopic (exact) mass is 377 g/mol. The highest BCUT2D eigenvalue weighted by Crippen LogP contribution is 2.32. The molecule has 3 aromatic rings. The summed E-state index contributed by atoms with van der Waals surface area (Å²) in [5.41, 5.74) is 7.35. The van der Waals surface area contributed by atoms with Gasteiger partial charge in [-0.05, 0) is 31.2 Å². The van der Waals surface area contributed by atoms with Gasteiger partial charge in [-0.1, -0.05) is 11.8 Å². The number of anilines is 1. The second-order valence-electron chi connectivity index (χ2n) is 5.38. The average molecular weight is 377 g/mol. The van der Waals surface area contributed by atoms with Crippen LogP contribution in [0.15, 0.2) is 40.5 Å². The summed E-state index contributed by atoms with van der Waals surface area (Å²) < 4.78 is 12.7. The molecule has 0 aliphatic heterocycles. The van der Waals surface area contributed by atoms with Crippen LogP contribution in [-0.4, -0.2) is 39.1 Å². The Hall–Kier alpha value is -1.89. The van der Waals surface area contributed by atoms with Gasteiger partial charge in [0.2, 0.25) is 5.95 Å². The summed E-state index contributed by atoms with van der Waals surface area (Å²) in [6.07, 6.45) is 2.38. The van der Waals surface area contributed by atoms with Gasteiger partial charge in [0.25, 0.3) is 0 Å². The van der Waals surface area contributed by atoms with Crippen LogP contribution in [0.4, 0.5) is 5.95 Å². The third kappa shape index (κ3) is 4.21. The second kappa shape index (κ2) is 7.99. The summed E-state index contributed by atoms with van der Waals surface area (Å²) in [5, 5.41) is 0.728. The van der Waals surface area contributed by atoms with Crippen molar-refractivity contribution in [2.45, 2.75) is 29.5 Å². The summed E-state index contributed by atoms with van der Waals surface area (Å²) in [6.45, 7) is 2.65. The summed E-state index contributed by atoms with van der Waals surface area (Å²) in [4.78, 5) is 14.2. The molecule has 9 heteroatoms. The predicted molar refractivity (Wildman–Crippen MR) is 102 cm³/mol. The van der Waals surface area contributed by atoms with E-state index in [1.807, 2.05) is 35.8 Å². The maximum Gasteiger partial charge on any atom is 0.223 e. The van der Waals surface area contributed by atoms with E-state index in [0.29, 0.717) is 18.5 Å². The number of ether oxygens (including phenoxy) is 2. The van der Waals surface area contributed by atoms with Gasteiger partial charge in [0.05, 0.1) is 32.4 Å². The maximum absolute atomic E-state index is 5.91. The molecular formula is C16H20N5O2PS. The fourth-order valence-electron chi connectivity index (χ4n) is 2.39. The molecule has 0 bridgehead atoms. The van der Waals surface area contributed by atoms with E-state index in [2.05, 4.69) is 24.2 Å². The first-order chi connectivity index (χ1) is 12.1.